The zero-order chi connectivity index (χ0) is 10.8. The number of aromatic nitrogens is 1. The van der Waals surface area contributed by atoms with E-state index in [1.54, 1.807) is 0 Å². The van der Waals surface area contributed by atoms with Crippen LogP contribution in [0.25, 0.3) is 0 Å². The van der Waals surface area contributed by atoms with Gasteiger partial charge in [-0.1, -0.05) is 0 Å². The number of pyridine rings is 1. The molecule has 4 nitrogen and oxygen atoms in total. The van der Waals surface area contributed by atoms with Gasteiger partial charge < -0.3 is 16.0 Å². The Morgan fingerprint density at radius 2 is 2.40 bits per heavy atom. The van der Waals surface area contributed by atoms with Crippen molar-refractivity contribution in [2.45, 2.75) is 19.9 Å². The average Bonchev–Trinajstić information content (AvgIpc) is 2.17. The normalized spacial score (nSPS) is 21.7. The lowest BCUT2D eigenvalue weighted by Gasteiger charge is -2.33. The minimum atomic E-state index is 0.501. The summed E-state index contributed by atoms with van der Waals surface area (Å²) in [6.07, 6.45) is 1.87. The van der Waals surface area contributed by atoms with Gasteiger partial charge in [0.2, 0.25) is 0 Å². The van der Waals surface area contributed by atoms with E-state index in [2.05, 4.69) is 22.1 Å². The molecule has 1 unspecified atom stereocenters. The number of nitrogen functional groups attached to an aromatic ring is 1. The molecule has 1 aliphatic rings. The van der Waals surface area contributed by atoms with E-state index in [1.807, 2.05) is 19.2 Å². The lowest BCUT2D eigenvalue weighted by atomic mass is 10.2. The first-order chi connectivity index (χ1) is 7.16. The van der Waals surface area contributed by atoms with Gasteiger partial charge in [-0.05, 0) is 25.5 Å². The summed E-state index contributed by atoms with van der Waals surface area (Å²) in [6.45, 7) is 7.13. The van der Waals surface area contributed by atoms with Crippen molar-refractivity contribution < 1.29 is 0 Å². The first-order valence-corrected chi connectivity index (χ1v) is 5.37. The molecule has 0 bridgehead atoms. The number of anilines is 2. The van der Waals surface area contributed by atoms with Crippen LogP contribution in [0.5, 0.6) is 0 Å². The molecule has 1 fully saturated rings. The van der Waals surface area contributed by atoms with Crippen LogP contribution in [0, 0.1) is 6.92 Å². The summed E-state index contributed by atoms with van der Waals surface area (Å²) in [5.41, 5.74) is 7.87. The standard InChI is InChI=1S/C11H18N4/c1-8-5-10(12)11(14-6-8)15-4-3-13-9(2)7-15/h5-6,9,13H,3-4,7,12H2,1-2H3. The second-order valence-corrected chi connectivity index (χ2v) is 4.23. The van der Waals surface area contributed by atoms with Gasteiger partial charge in [0.25, 0.3) is 0 Å². The maximum Gasteiger partial charge on any atom is 0.151 e. The summed E-state index contributed by atoms with van der Waals surface area (Å²) < 4.78 is 0. The molecule has 0 aromatic carbocycles. The Morgan fingerprint density at radius 1 is 1.60 bits per heavy atom. The highest BCUT2D eigenvalue weighted by Crippen LogP contribution is 2.21. The first-order valence-electron chi connectivity index (χ1n) is 5.37. The number of hydrogen-bond acceptors (Lipinski definition) is 4. The maximum absolute atomic E-state index is 5.97. The van der Waals surface area contributed by atoms with Crippen LogP contribution in [0.1, 0.15) is 12.5 Å². The van der Waals surface area contributed by atoms with Gasteiger partial charge in [-0.25, -0.2) is 4.98 Å². The largest absolute Gasteiger partial charge is 0.396 e. The Morgan fingerprint density at radius 3 is 3.07 bits per heavy atom. The summed E-state index contributed by atoms with van der Waals surface area (Å²) in [4.78, 5) is 6.66. The average molecular weight is 206 g/mol. The number of hydrogen-bond donors (Lipinski definition) is 2. The van der Waals surface area contributed by atoms with E-state index in [0.29, 0.717) is 6.04 Å². The third-order valence-corrected chi connectivity index (χ3v) is 2.70. The molecule has 0 saturated carbocycles. The van der Waals surface area contributed by atoms with Gasteiger partial charge in [0.05, 0.1) is 5.69 Å². The third-order valence-electron chi connectivity index (χ3n) is 2.70. The number of aryl methyl sites for hydroxylation is 1. The number of rotatable bonds is 1. The van der Waals surface area contributed by atoms with E-state index in [1.165, 1.54) is 0 Å². The van der Waals surface area contributed by atoms with Crippen LogP contribution in [-0.2, 0) is 0 Å². The molecule has 2 rings (SSSR count). The smallest absolute Gasteiger partial charge is 0.151 e. The van der Waals surface area contributed by atoms with E-state index < -0.39 is 0 Å². The molecule has 1 aliphatic heterocycles. The Balaban J connectivity index is 2.21. The second-order valence-electron chi connectivity index (χ2n) is 4.23. The number of nitrogens with one attached hydrogen (secondary N) is 1. The van der Waals surface area contributed by atoms with Crippen LogP contribution in [0.4, 0.5) is 11.5 Å². The van der Waals surface area contributed by atoms with Crippen LogP contribution < -0.4 is 16.0 Å². The van der Waals surface area contributed by atoms with Crippen molar-refractivity contribution in [2.24, 2.45) is 0 Å². The molecule has 15 heavy (non-hydrogen) atoms. The van der Waals surface area contributed by atoms with Crippen LogP contribution >= 0.6 is 0 Å². The van der Waals surface area contributed by atoms with Crippen molar-refractivity contribution in [3.05, 3.63) is 17.8 Å². The van der Waals surface area contributed by atoms with Crippen LogP contribution in [0.15, 0.2) is 12.3 Å². The minimum absolute atomic E-state index is 0.501. The Kier molecular flexibility index (Phi) is 2.77. The van der Waals surface area contributed by atoms with E-state index >= 15 is 0 Å². The highest BCUT2D eigenvalue weighted by atomic mass is 15.2. The Hall–Kier alpha value is -1.29. The van der Waals surface area contributed by atoms with Gasteiger partial charge in [0.1, 0.15) is 0 Å². The molecule has 1 atom stereocenters. The lowest BCUT2D eigenvalue weighted by Crippen LogP contribution is -2.49. The van der Waals surface area contributed by atoms with Crippen molar-refractivity contribution in [2.75, 3.05) is 30.3 Å². The molecular formula is C11H18N4. The van der Waals surface area contributed by atoms with Crippen LogP contribution in [-0.4, -0.2) is 30.7 Å². The van der Waals surface area contributed by atoms with Crippen molar-refractivity contribution in [3.63, 3.8) is 0 Å². The van der Waals surface area contributed by atoms with Gasteiger partial charge in [-0.15, -0.1) is 0 Å². The number of nitrogens with zero attached hydrogens (tertiary/aromatic N) is 2. The van der Waals surface area contributed by atoms with Gasteiger partial charge in [-0.3, -0.25) is 0 Å². The summed E-state index contributed by atoms with van der Waals surface area (Å²) in [6, 6.07) is 2.48. The zero-order valence-electron chi connectivity index (χ0n) is 9.33. The highest BCUT2D eigenvalue weighted by molar-refractivity contribution is 5.63. The minimum Gasteiger partial charge on any atom is -0.396 e. The number of nitrogens with two attached hydrogens (primary N) is 1. The van der Waals surface area contributed by atoms with Gasteiger partial charge in [-0.2, -0.15) is 0 Å². The van der Waals surface area contributed by atoms with Crippen LogP contribution in [0.2, 0.25) is 0 Å². The Labute approximate surface area is 90.5 Å². The Bertz CT molecular complexity index is 350. The molecule has 1 saturated heterocycles. The second kappa shape index (κ2) is 4.06. The summed E-state index contributed by atoms with van der Waals surface area (Å²) in [5, 5.41) is 3.40. The monoisotopic (exact) mass is 206 g/mol. The van der Waals surface area contributed by atoms with Crippen molar-refractivity contribution in [1.29, 1.82) is 0 Å². The van der Waals surface area contributed by atoms with E-state index in [-0.39, 0.29) is 0 Å². The van der Waals surface area contributed by atoms with E-state index in [4.69, 9.17) is 5.73 Å². The molecule has 2 heterocycles. The molecule has 3 N–H and O–H groups in total. The lowest BCUT2D eigenvalue weighted by molar-refractivity contribution is 0.482. The topological polar surface area (TPSA) is 54.2 Å². The van der Waals surface area contributed by atoms with E-state index in [9.17, 15) is 0 Å². The van der Waals surface area contributed by atoms with Crippen molar-refractivity contribution in [3.8, 4) is 0 Å². The summed E-state index contributed by atoms with van der Waals surface area (Å²) >= 11 is 0. The third kappa shape index (κ3) is 2.21. The predicted molar refractivity (Wildman–Crippen MR) is 63.1 cm³/mol. The van der Waals surface area contributed by atoms with Crippen molar-refractivity contribution in [1.82, 2.24) is 10.3 Å². The van der Waals surface area contributed by atoms with Crippen molar-refractivity contribution >= 4 is 11.5 Å². The van der Waals surface area contributed by atoms with E-state index in [0.717, 1.165) is 36.7 Å². The molecule has 4 heteroatoms. The maximum atomic E-state index is 5.97. The fourth-order valence-corrected chi connectivity index (χ4v) is 1.97. The SMILES string of the molecule is Cc1cnc(N2CCNC(C)C2)c(N)c1. The molecule has 0 aliphatic carbocycles. The molecule has 82 valence electrons. The fourth-order valence-electron chi connectivity index (χ4n) is 1.97. The first kappa shape index (κ1) is 10.2. The summed E-state index contributed by atoms with van der Waals surface area (Å²) in [5.74, 6) is 0.925. The molecule has 1 aromatic rings. The predicted octanol–water partition coefficient (Wildman–Crippen LogP) is 0.770. The summed E-state index contributed by atoms with van der Waals surface area (Å²) in [7, 11) is 0. The zero-order valence-corrected chi connectivity index (χ0v) is 9.33. The van der Waals surface area contributed by atoms with Gasteiger partial charge in [0, 0.05) is 31.9 Å². The highest BCUT2D eigenvalue weighted by Gasteiger charge is 2.18. The van der Waals surface area contributed by atoms with Crippen LogP contribution in [0.3, 0.4) is 0 Å². The fraction of sp³-hybridized carbons (Fsp3) is 0.545. The molecule has 0 amide bonds. The molecular weight excluding hydrogens is 188 g/mol. The van der Waals surface area contributed by atoms with Gasteiger partial charge in [0.15, 0.2) is 5.82 Å². The quantitative estimate of drug-likeness (QED) is 0.712. The number of piperazine rings is 1. The molecule has 1 aromatic heterocycles. The van der Waals surface area contributed by atoms with Gasteiger partial charge >= 0.3 is 0 Å². The molecule has 0 radical (unpaired) electrons. The molecule has 0 spiro atoms.